The smallest absolute Gasteiger partial charge is 0.315 e. The van der Waals surface area contributed by atoms with Gasteiger partial charge in [0, 0.05) is 37.2 Å². The molecule has 0 spiro atoms. The second-order valence-electron chi connectivity index (χ2n) is 6.43. The van der Waals surface area contributed by atoms with Gasteiger partial charge in [0.25, 0.3) is 0 Å². The van der Waals surface area contributed by atoms with Crippen molar-refractivity contribution in [3.8, 4) is 0 Å². The van der Waals surface area contributed by atoms with Crippen LogP contribution in [0.3, 0.4) is 0 Å². The van der Waals surface area contributed by atoms with E-state index in [2.05, 4.69) is 22.1 Å². The molecule has 1 aromatic carbocycles. The topological polar surface area (TPSA) is 64.6 Å². The molecule has 1 saturated heterocycles. The van der Waals surface area contributed by atoms with Crippen molar-refractivity contribution in [1.29, 1.82) is 0 Å². The summed E-state index contributed by atoms with van der Waals surface area (Å²) in [5, 5.41) is 16.4. The zero-order valence-electron chi connectivity index (χ0n) is 14.1. The normalized spacial score (nSPS) is 17.3. The summed E-state index contributed by atoms with van der Waals surface area (Å²) in [4.78, 5) is 14.3. The number of urea groups is 1. The van der Waals surface area contributed by atoms with E-state index >= 15 is 0 Å². The van der Waals surface area contributed by atoms with Crippen molar-refractivity contribution in [1.82, 2.24) is 15.5 Å². The fourth-order valence-electron chi connectivity index (χ4n) is 2.85. The van der Waals surface area contributed by atoms with Crippen LogP contribution in [0.2, 0.25) is 5.02 Å². The molecule has 3 N–H and O–H groups in total. The molecular weight excluding hydrogens is 326 g/mol. The Balaban J connectivity index is 1.68. The molecule has 132 valence electrons. The van der Waals surface area contributed by atoms with Gasteiger partial charge in [0.15, 0.2) is 0 Å². The molecule has 1 fully saturated rings. The van der Waals surface area contributed by atoms with Gasteiger partial charge in [-0.25, -0.2) is 4.79 Å². The van der Waals surface area contributed by atoms with Gasteiger partial charge in [-0.1, -0.05) is 35.9 Å². The van der Waals surface area contributed by atoms with Crippen LogP contribution in [0.25, 0.3) is 0 Å². The van der Waals surface area contributed by atoms with Gasteiger partial charge < -0.3 is 15.7 Å². The monoisotopic (exact) mass is 351 g/mol. The maximum atomic E-state index is 12.0. The van der Waals surface area contributed by atoms with Crippen molar-refractivity contribution < 1.29 is 9.90 Å². The highest BCUT2D eigenvalue weighted by Crippen LogP contribution is 2.16. The number of aliphatic hydroxyl groups is 1. The number of nitrogens with one attached hydrogen (secondary N) is 2. The van der Waals surface area contributed by atoms with Gasteiger partial charge in [-0.15, -0.1) is 0 Å². The van der Waals surface area contributed by atoms with E-state index in [0.717, 1.165) is 43.6 Å². The van der Waals surface area contributed by atoms with Crippen LogP contribution in [-0.2, 0) is 0 Å². The number of piperidine rings is 1. The predicted molar refractivity (Wildman–Crippen MR) is 97.2 cm³/mol. The minimum atomic E-state index is -0.745. The Morgan fingerprint density at radius 1 is 1.38 bits per heavy atom. The molecule has 0 bridgehead atoms. The van der Waals surface area contributed by atoms with Gasteiger partial charge in [0.2, 0.25) is 0 Å². The lowest BCUT2D eigenvalue weighted by Gasteiger charge is -2.32. The third-order valence-corrected chi connectivity index (χ3v) is 4.38. The fraction of sp³-hybridized carbons (Fsp3) is 0.500. The van der Waals surface area contributed by atoms with E-state index < -0.39 is 6.10 Å². The van der Waals surface area contributed by atoms with E-state index in [1.165, 1.54) is 0 Å². The minimum Gasteiger partial charge on any atom is -0.387 e. The molecule has 0 saturated carbocycles. The molecule has 1 unspecified atom stereocenters. The summed E-state index contributed by atoms with van der Waals surface area (Å²) < 4.78 is 0. The Labute approximate surface area is 148 Å². The van der Waals surface area contributed by atoms with Crippen LogP contribution in [0.15, 0.2) is 36.4 Å². The summed E-state index contributed by atoms with van der Waals surface area (Å²) in [5.74, 6) is 0. The molecule has 1 aliphatic heterocycles. The zero-order chi connectivity index (χ0) is 17.5. The van der Waals surface area contributed by atoms with Crippen LogP contribution in [0, 0.1) is 0 Å². The lowest BCUT2D eigenvalue weighted by Crippen LogP contribution is -2.48. The molecule has 1 heterocycles. The number of hydrogen-bond donors (Lipinski definition) is 3. The lowest BCUT2D eigenvalue weighted by atomic mass is 10.0. The van der Waals surface area contributed by atoms with Crippen molar-refractivity contribution in [2.45, 2.75) is 31.9 Å². The Bertz CT molecular complexity index is 554. The van der Waals surface area contributed by atoms with Crippen LogP contribution in [0.4, 0.5) is 4.79 Å². The van der Waals surface area contributed by atoms with E-state index in [9.17, 15) is 9.90 Å². The first-order valence-corrected chi connectivity index (χ1v) is 8.66. The molecule has 5 nitrogen and oxygen atoms in total. The van der Waals surface area contributed by atoms with Gasteiger partial charge in [0.05, 0.1) is 6.10 Å². The third kappa shape index (κ3) is 6.15. The molecule has 1 atom stereocenters. The molecule has 0 aliphatic carbocycles. The maximum Gasteiger partial charge on any atom is 0.315 e. The van der Waals surface area contributed by atoms with E-state index in [1.807, 2.05) is 6.92 Å². The lowest BCUT2D eigenvalue weighted by molar-refractivity contribution is 0.169. The number of carbonyl (C=O) groups is 1. The van der Waals surface area contributed by atoms with Gasteiger partial charge in [-0.3, -0.25) is 4.90 Å². The number of benzene rings is 1. The Morgan fingerprint density at radius 3 is 2.58 bits per heavy atom. The molecule has 2 amide bonds. The van der Waals surface area contributed by atoms with E-state index in [0.29, 0.717) is 5.02 Å². The van der Waals surface area contributed by atoms with Crippen molar-refractivity contribution in [3.63, 3.8) is 0 Å². The van der Waals surface area contributed by atoms with Crippen LogP contribution < -0.4 is 10.6 Å². The highest BCUT2D eigenvalue weighted by molar-refractivity contribution is 6.30. The second-order valence-corrected chi connectivity index (χ2v) is 6.87. The number of carbonyl (C=O) groups excluding carboxylic acids is 1. The Morgan fingerprint density at radius 2 is 2.00 bits per heavy atom. The SMILES string of the molecule is C=C(C)CN1CCC(NC(=O)NCC(O)c2ccc(Cl)cc2)CC1. The first-order valence-electron chi connectivity index (χ1n) is 8.28. The summed E-state index contributed by atoms with van der Waals surface area (Å²) >= 11 is 5.82. The summed E-state index contributed by atoms with van der Waals surface area (Å²) in [6.07, 6.45) is 1.12. The van der Waals surface area contributed by atoms with Crippen molar-refractivity contribution in [3.05, 3.63) is 47.0 Å². The van der Waals surface area contributed by atoms with Crippen molar-refractivity contribution in [2.75, 3.05) is 26.2 Å². The Kier molecular flexibility index (Phi) is 7.09. The average Bonchev–Trinajstić information content (AvgIpc) is 2.54. The van der Waals surface area contributed by atoms with E-state index in [4.69, 9.17) is 11.6 Å². The molecule has 24 heavy (non-hydrogen) atoms. The second kappa shape index (κ2) is 9.06. The Hall–Kier alpha value is -1.56. The largest absolute Gasteiger partial charge is 0.387 e. The van der Waals surface area contributed by atoms with E-state index in [1.54, 1.807) is 24.3 Å². The number of amides is 2. The summed E-state index contributed by atoms with van der Waals surface area (Å²) in [6.45, 7) is 8.98. The quantitative estimate of drug-likeness (QED) is 0.690. The average molecular weight is 352 g/mol. The molecular formula is C18H26ClN3O2. The van der Waals surface area contributed by atoms with Crippen LogP contribution in [-0.4, -0.2) is 48.3 Å². The molecule has 0 radical (unpaired) electrons. The molecule has 1 aromatic rings. The number of likely N-dealkylation sites (tertiary alicyclic amines) is 1. The molecule has 1 aliphatic rings. The fourth-order valence-corrected chi connectivity index (χ4v) is 2.97. The van der Waals surface area contributed by atoms with Crippen LogP contribution >= 0.6 is 11.6 Å². The maximum absolute atomic E-state index is 12.0. The number of aliphatic hydroxyl groups excluding tert-OH is 1. The highest BCUT2D eigenvalue weighted by atomic mass is 35.5. The summed E-state index contributed by atoms with van der Waals surface area (Å²) in [6, 6.07) is 6.89. The summed E-state index contributed by atoms with van der Waals surface area (Å²) in [5.41, 5.74) is 1.89. The number of nitrogens with zero attached hydrogens (tertiary/aromatic N) is 1. The van der Waals surface area contributed by atoms with Crippen LogP contribution in [0.5, 0.6) is 0 Å². The number of halogens is 1. The molecule has 0 aromatic heterocycles. The third-order valence-electron chi connectivity index (χ3n) is 4.13. The molecule has 2 rings (SSSR count). The van der Waals surface area contributed by atoms with Crippen molar-refractivity contribution >= 4 is 17.6 Å². The van der Waals surface area contributed by atoms with Gasteiger partial charge >= 0.3 is 6.03 Å². The standard InChI is InChI=1S/C18H26ClN3O2/c1-13(2)12-22-9-7-16(8-10-22)21-18(24)20-11-17(23)14-3-5-15(19)6-4-14/h3-6,16-17,23H,1,7-12H2,2H3,(H2,20,21,24). The van der Waals surface area contributed by atoms with E-state index in [-0.39, 0.29) is 18.6 Å². The minimum absolute atomic E-state index is 0.169. The van der Waals surface area contributed by atoms with Gasteiger partial charge in [-0.05, 0) is 37.5 Å². The highest BCUT2D eigenvalue weighted by Gasteiger charge is 2.20. The van der Waals surface area contributed by atoms with Crippen molar-refractivity contribution in [2.24, 2.45) is 0 Å². The first kappa shape index (κ1) is 18.8. The first-order chi connectivity index (χ1) is 11.4. The van der Waals surface area contributed by atoms with Gasteiger partial charge in [-0.2, -0.15) is 0 Å². The van der Waals surface area contributed by atoms with Crippen LogP contribution in [0.1, 0.15) is 31.4 Å². The predicted octanol–water partition coefficient (Wildman–Crippen LogP) is 2.71. The number of rotatable bonds is 6. The zero-order valence-corrected chi connectivity index (χ0v) is 14.9. The summed E-state index contributed by atoms with van der Waals surface area (Å²) in [7, 11) is 0. The number of hydrogen-bond acceptors (Lipinski definition) is 3. The van der Waals surface area contributed by atoms with Gasteiger partial charge in [0.1, 0.15) is 0 Å². The molecule has 6 heteroatoms.